The molecule has 0 saturated heterocycles. The molecule has 0 bridgehead atoms. The highest BCUT2D eigenvalue weighted by Crippen LogP contribution is 2.34. The molecule has 2 nitrogen and oxygen atoms in total. The second-order valence-corrected chi connectivity index (χ2v) is 7.80. The van der Waals surface area contributed by atoms with Crippen molar-refractivity contribution in [3.05, 3.63) is 76.5 Å². The summed E-state index contributed by atoms with van der Waals surface area (Å²) < 4.78 is 0. The third-order valence-electron chi connectivity index (χ3n) is 5.10. The van der Waals surface area contributed by atoms with E-state index in [1.54, 1.807) is 6.07 Å². The molecule has 0 spiro atoms. The van der Waals surface area contributed by atoms with Crippen LogP contribution in [-0.2, 0) is 0 Å². The average molecular weight is 361 g/mol. The Bertz CT molecular complexity index is 861. The van der Waals surface area contributed by atoms with Crippen LogP contribution in [-0.4, -0.2) is 5.91 Å². The summed E-state index contributed by atoms with van der Waals surface area (Å²) in [7, 11) is 0. The van der Waals surface area contributed by atoms with E-state index in [-0.39, 0.29) is 5.91 Å². The van der Waals surface area contributed by atoms with Gasteiger partial charge in [0.1, 0.15) is 0 Å². The summed E-state index contributed by atoms with van der Waals surface area (Å²) in [6, 6.07) is 21.3. The van der Waals surface area contributed by atoms with Crippen LogP contribution < -0.4 is 5.32 Å². The maximum absolute atomic E-state index is 12.4. The lowest BCUT2D eigenvalue weighted by atomic mass is 9.84. The Labute approximate surface area is 158 Å². The molecule has 4 rings (SSSR count). The summed E-state index contributed by atoms with van der Waals surface area (Å²) in [5, 5.41) is 4.95. The molecule has 1 aromatic heterocycles. The van der Waals surface area contributed by atoms with E-state index in [1.165, 1.54) is 54.6 Å². The molecule has 0 atom stereocenters. The number of carbonyl (C=O) groups is 1. The molecular weight excluding hydrogens is 338 g/mol. The second-order valence-electron chi connectivity index (χ2n) is 6.89. The number of nitrogens with one attached hydrogen (secondary N) is 1. The lowest BCUT2D eigenvalue weighted by molar-refractivity contribution is 0.103. The van der Waals surface area contributed by atoms with Crippen LogP contribution in [0, 0.1) is 6.07 Å². The Morgan fingerprint density at radius 3 is 2.54 bits per heavy atom. The molecule has 1 fully saturated rings. The molecule has 26 heavy (non-hydrogen) atoms. The van der Waals surface area contributed by atoms with Crippen molar-refractivity contribution in [1.29, 1.82) is 0 Å². The molecule has 1 saturated carbocycles. The van der Waals surface area contributed by atoms with Crippen molar-refractivity contribution in [1.82, 2.24) is 0 Å². The normalized spacial score (nSPS) is 14.9. The number of carbonyl (C=O) groups excluding carboxylic acids is 1. The predicted octanol–water partition coefficient (Wildman–Crippen LogP) is 6.52. The zero-order valence-electron chi connectivity index (χ0n) is 14.7. The van der Waals surface area contributed by atoms with E-state index < -0.39 is 0 Å². The smallest absolute Gasteiger partial charge is 0.265 e. The van der Waals surface area contributed by atoms with Crippen molar-refractivity contribution < 1.29 is 4.79 Å². The van der Waals surface area contributed by atoms with Crippen LogP contribution in [0.15, 0.2) is 60.0 Å². The molecule has 1 aliphatic rings. The maximum atomic E-state index is 12.4. The highest BCUT2D eigenvalue weighted by molar-refractivity contribution is 7.12. The maximum Gasteiger partial charge on any atom is 0.265 e. The molecule has 3 heteroatoms. The number of para-hydroxylation sites is 1. The third-order valence-corrected chi connectivity index (χ3v) is 6.03. The van der Waals surface area contributed by atoms with Crippen LogP contribution in [0.25, 0.3) is 11.1 Å². The number of anilines is 1. The monoisotopic (exact) mass is 360 g/mol. The van der Waals surface area contributed by atoms with E-state index in [1.807, 2.05) is 24.3 Å². The summed E-state index contributed by atoms with van der Waals surface area (Å²) >= 11 is 1.48. The fourth-order valence-corrected chi connectivity index (χ4v) is 4.46. The molecule has 3 aromatic rings. The van der Waals surface area contributed by atoms with E-state index in [4.69, 9.17) is 0 Å². The summed E-state index contributed by atoms with van der Waals surface area (Å²) in [4.78, 5) is 13.1. The number of amides is 1. The van der Waals surface area contributed by atoms with Crippen LogP contribution in [0.1, 0.15) is 53.3 Å². The van der Waals surface area contributed by atoms with E-state index in [0.29, 0.717) is 10.6 Å². The number of thiophene rings is 1. The van der Waals surface area contributed by atoms with Gasteiger partial charge in [-0.15, -0.1) is 11.3 Å². The predicted molar refractivity (Wildman–Crippen MR) is 109 cm³/mol. The van der Waals surface area contributed by atoms with Gasteiger partial charge in [0.05, 0.1) is 4.88 Å². The largest absolute Gasteiger partial charge is 0.321 e. The van der Waals surface area contributed by atoms with Crippen LogP contribution in [0.4, 0.5) is 5.69 Å². The van der Waals surface area contributed by atoms with Gasteiger partial charge >= 0.3 is 0 Å². The van der Waals surface area contributed by atoms with Gasteiger partial charge in [-0.3, -0.25) is 4.79 Å². The SMILES string of the molecule is O=C(Nc1[c]cccc1)c1cc(-c2ccc(C3CCCCC3)cc2)cs1. The Morgan fingerprint density at radius 2 is 1.81 bits per heavy atom. The van der Waals surface area contributed by atoms with E-state index in [0.717, 1.165) is 11.5 Å². The van der Waals surface area contributed by atoms with Crippen molar-refractivity contribution in [3.8, 4) is 11.1 Å². The molecule has 0 aliphatic heterocycles. The van der Waals surface area contributed by atoms with E-state index in [9.17, 15) is 4.79 Å². The van der Waals surface area contributed by atoms with Gasteiger partial charge < -0.3 is 5.32 Å². The number of benzene rings is 2. The minimum absolute atomic E-state index is 0.0810. The second kappa shape index (κ2) is 7.88. The van der Waals surface area contributed by atoms with Gasteiger partial charge in [0.15, 0.2) is 0 Å². The zero-order valence-corrected chi connectivity index (χ0v) is 15.5. The third kappa shape index (κ3) is 3.88. The molecule has 1 radical (unpaired) electrons. The Balaban J connectivity index is 1.46. The quantitative estimate of drug-likeness (QED) is 0.564. The standard InChI is InChI=1S/C23H22NOS/c25-23(24-21-9-5-2-6-10-21)22-15-20(16-26-22)19-13-11-18(12-14-19)17-7-3-1-4-8-17/h2,5-6,9,11-17H,1,3-4,7-8H2,(H,24,25). The lowest BCUT2D eigenvalue weighted by Gasteiger charge is -2.22. The van der Waals surface area contributed by atoms with Gasteiger partial charge in [0.2, 0.25) is 0 Å². The first-order chi connectivity index (χ1) is 12.8. The topological polar surface area (TPSA) is 29.1 Å². The molecule has 1 aliphatic carbocycles. The summed E-state index contributed by atoms with van der Waals surface area (Å²) in [5.41, 5.74) is 4.43. The number of hydrogen-bond acceptors (Lipinski definition) is 2. The van der Waals surface area contributed by atoms with Crippen LogP contribution in [0.2, 0.25) is 0 Å². The van der Waals surface area contributed by atoms with Crippen molar-refractivity contribution in [2.45, 2.75) is 38.0 Å². The number of hydrogen-bond donors (Lipinski definition) is 1. The van der Waals surface area contributed by atoms with Gasteiger partial charge in [0, 0.05) is 11.8 Å². The molecular formula is C23H22NOS. The molecule has 0 unspecified atom stereocenters. The minimum Gasteiger partial charge on any atom is -0.321 e. The summed E-state index contributed by atoms with van der Waals surface area (Å²) in [6.07, 6.45) is 6.73. The van der Waals surface area contributed by atoms with Crippen LogP contribution >= 0.6 is 11.3 Å². The fourth-order valence-electron chi connectivity index (χ4n) is 3.65. The minimum atomic E-state index is -0.0810. The average Bonchev–Trinajstić information content (AvgIpc) is 3.20. The fraction of sp³-hybridized carbons (Fsp3) is 0.261. The highest BCUT2D eigenvalue weighted by Gasteiger charge is 2.16. The van der Waals surface area contributed by atoms with Crippen molar-refractivity contribution in [3.63, 3.8) is 0 Å². The summed E-state index contributed by atoms with van der Waals surface area (Å²) in [6.45, 7) is 0. The molecule has 1 heterocycles. The van der Waals surface area contributed by atoms with Crippen molar-refractivity contribution in [2.75, 3.05) is 5.32 Å². The van der Waals surface area contributed by atoms with Gasteiger partial charge in [0.25, 0.3) is 5.91 Å². The van der Waals surface area contributed by atoms with E-state index >= 15 is 0 Å². The lowest BCUT2D eigenvalue weighted by Crippen LogP contribution is -2.09. The van der Waals surface area contributed by atoms with Gasteiger partial charge in [-0.1, -0.05) is 61.7 Å². The van der Waals surface area contributed by atoms with Gasteiger partial charge in [-0.25, -0.2) is 0 Å². The van der Waals surface area contributed by atoms with E-state index in [2.05, 4.69) is 41.0 Å². The molecule has 1 N–H and O–H groups in total. The van der Waals surface area contributed by atoms with Gasteiger partial charge in [-0.05, 0) is 53.0 Å². The number of rotatable bonds is 4. The van der Waals surface area contributed by atoms with Crippen LogP contribution in [0.3, 0.4) is 0 Å². The Kier molecular flexibility index (Phi) is 5.16. The molecule has 2 aromatic carbocycles. The zero-order chi connectivity index (χ0) is 17.8. The first-order valence-electron chi connectivity index (χ1n) is 9.26. The van der Waals surface area contributed by atoms with Crippen LogP contribution in [0.5, 0.6) is 0 Å². The van der Waals surface area contributed by atoms with Crippen molar-refractivity contribution >= 4 is 22.9 Å². The first kappa shape index (κ1) is 17.0. The van der Waals surface area contributed by atoms with Gasteiger partial charge in [-0.2, -0.15) is 0 Å². The highest BCUT2D eigenvalue weighted by atomic mass is 32.1. The molecule has 131 valence electrons. The van der Waals surface area contributed by atoms with Crippen molar-refractivity contribution in [2.24, 2.45) is 0 Å². The first-order valence-corrected chi connectivity index (χ1v) is 10.1. The summed E-state index contributed by atoms with van der Waals surface area (Å²) in [5.74, 6) is 0.645. The Hall–Kier alpha value is -2.39. The molecule has 1 amide bonds. The Morgan fingerprint density at radius 1 is 1.00 bits per heavy atom.